The Hall–Kier alpha value is -3.60. The van der Waals surface area contributed by atoms with Crippen LogP contribution in [0.3, 0.4) is 0 Å². The molecule has 39 heavy (non-hydrogen) atoms. The minimum Gasteiger partial charge on any atom is -0.330 e. The van der Waals surface area contributed by atoms with Crippen LogP contribution in [0.15, 0.2) is 66.6 Å². The molecule has 2 amide bonds. The molecule has 1 aromatic heterocycles. The molecule has 206 valence electrons. The number of hydrogen-bond acceptors (Lipinski definition) is 3. The lowest BCUT2D eigenvalue weighted by molar-refractivity contribution is -0.143. The van der Waals surface area contributed by atoms with Crippen LogP contribution in [0.25, 0.3) is 0 Å². The van der Waals surface area contributed by atoms with Gasteiger partial charge < -0.3 is 9.80 Å². The van der Waals surface area contributed by atoms with Crippen LogP contribution in [0.5, 0.6) is 0 Å². The zero-order chi connectivity index (χ0) is 28.5. The molecule has 0 saturated carbocycles. The summed E-state index contributed by atoms with van der Waals surface area (Å²) in [6.07, 6.45) is -8.38. The number of nitrogens with zero attached hydrogens (tertiary/aromatic N) is 2. The molecular formula is C28H24F6N2O2S. The van der Waals surface area contributed by atoms with Gasteiger partial charge >= 0.3 is 12.4 Å². The molecular weight excluding hydrogens is 542 g/mol. The van der Waals surface area contributed by atoms with Gasteiger partial charge in [-0.3, -0.25) is 9.59 Å². The van der Waals surface area contributed by atoms with Crippen molar-refractivity contribution in [2.75, 3.05) is 19.6 Å². The molecule has 11 heteroatoms. The molecule has 2 aromatic carbocycles. The Kier molecular flexibility index (Phi) is 7.92. The fraction of sp³-hybridized carbons (Fsp3) is 0.286. The average Bonchev–Trinajstić information content (AvgIpc) is 3.35. The third-order valence-corrected chi connectivity index (χ3v) is 7.56. The Labute approximate surface area is 225 Å². The van der Waals surface area contributed by atoms with Gasteiger partial charge in [0.2, 0.25) is 5.91 Å². The lowest BCUT2D eigenvalue weighted by Gasteiger charge is -2.38. The van der Waals surface area contributed by atoms with Crippen LogP contribution in [0.2, 0.25) is 0 Å². The highest BCUT2D eigenvalue weighted by Crippen LogP contribution is 2.39. The third-order valence-electron chi connectivity index (χ3n) is 6.57. The first-order valence-corrected chi connectivity index (χ1v) is 12.8. The number of amides is 2. The molecule has 0 aliphatic carbocycles. The van der Waals surface area contributed by atoms with Crippen LogP contribution in [0.4, 0.5) is 26.3 Å². The number of carbonyl (C=O) groups excluding carboxylic acids is 2. The van der Waals surface area contributed by atoms with E-state index < -0.39 is 53.4 Å². The van der Waals surface area contributed by atoms with E-state index in [-0.39, 0.29) is 12.6 Å². The number of carbonyl (C=O) groups is 2. The fourth-order valence-corrected chi connectivity index (χ4v) is 5.61. The van der Waals surface area contributed by atoms with E-state index in [2.05, 4.69) is 6.58 Å². The summed E-state index contributed by atoms with van der Waals surface area (Å²) >= 11 is 1.57. The van der Waals surface area contributed by atoms with Gasteiger partial charge in [-0.25, -0.2) is 0 Å². The summed E-state index contributed by atoms with van der Waals surface area (Å²) in [6, 6.07) is 9.73. The summed E-state index contributed by atoms with van der Waals surface area (Å²) < 4.78 is 80.2. The summed E-state index contributed by atoms with van der Waals surface area (Å²) in [7, 11) is 0. The van der Waals surface area contributed by atoms with E-state index in [1.54, 1.807) is 16.2 Å². The van der Waals surface area contributed by atoms with E-state index in [9.17, 15) is 35.9 Å². The highest BCUT2D eigenvalue weighted by molar-refractivity contribution is 7.10. The van der Waals surface area contributed by atoms with Gasteiger partial charge in [0, 0.05) is 23.5 Å². The maximum atomic E-state index is 13.6. The van der Waals surface area contributed by atoms with Crippen molar-refractivity contribution in [1.29, 1.82) is 0 Å². The Morgan fingerprint density at radius 1 is 1.03 bits per heavy atom. The molecule has 0 spiro atoms. The Morgan fingerprint density at radius 3 is 2.26 bits per heavy atom. The van der Waals surface area contributed by atoms with Crippen molar-refractivity contribution in [2.24, 2.45) is 0 Å². The fourth-order valence-electron chi connectivity index (χ4n) is 4.70. The summed E-state index contributed by atoms with van der Waals surface area (Å²) in [5.41, 5.74) is -1.25. The van der Waals surface area contributed by atoms with Crippen LogP contribution < -0.4 is 0 Å². The zero-order valence-corrected chi connectivity index (χ0v) is 21.6. The summed E-state index contributed by atoms with van der Waals surface area (Å²) in [5, 5.41) is 1.93. The van der Waals surface area contributed by atoms with Crippen molar-refractivity contribution in [3.05, 3.63) is 105 Å². The van der Waals surface area contributed by atoms with E-state index in [1.807, 2.05) is 42.6 Å². The maximum absolute atomic E-state index is 13.6. The van der Waals surface area contributed by atoms with Gasteiger partial charge in [-0.2, -0.15) is 26.3 Å². The second-order valence-corrected chi connectivity index (χ2v) is 10.2. The van der Waals surface area contributed by atoms with Crippen LogP contribution in [-0.4, -0.2) is 41.2 Å². The second kappa shape index (κ2) is 10.9. The number of halogens is 6. The normalized spacial score (nSPS) is 15.6. The van der Waals surface area contributed by atoms with Crippen LogP contribution >= 0.6 is 11.3 Å². The third kappa shape index (κ3) is 6.03. The van der Waals surface area contributed by atoms with Crippen molar-refractivity contribution in [3.8, 4) is 0 Å². The molecule has 2 heterocycles. The maximum Gasteiger partial charge on any atom is 0.416 e. The second-order valence-electron chi connectivity index (χ2n) is 9.16. The number of benzene rings is 2. The smallest absolute Gasteiger partial charge is 0.330 e. The lowest BCUT2D eigenvalue weighted by atomic mass is 9.90. The standard InChI is InChI=1S/C28H24F6N2O2S/c1-3-10-35(26(38)18-13-19(27(29,30)31)15-20(14-18)28(32,33)34)16-24(37)36-11-8-23-22(9-12-39-23)25(36)21-7-5-4-6-17(21)2/h3-7,9,12-15,25H,1,8,10-11,16H2,2H3. The van der Waals surface area contributed by atoms with Crippen LogP contribution in [0.1, 0.15) is 49.1 Å². The van der Waals surface area contributed by atoms with Gasteiger partial charge in [0.1, 0.15) is 6.54 Å². The number of thiophene rings is 1. The summed E-state index contributed by atoms with van der Waals surface area (Å²) in [5.74, 6) is -1.63. The highest BCUT2D eigenvalue weighted by Gasteiger charge is 2.39. The van der Waals surface area contributed by atoms with Gasteiger partial charge in [-0.05, 0) is 59.7 Å². The molecule has 1 aliphatic heterocycles. The van der Waals surface area contributed by atoms with Gasteiger partial charge in [-0.15, -0.1) is 17.9 Å². The molecule has 0 N–H and O–H groups in total. The number of hydrogen-bond donors (Lipinski definition) is 0. The van der Waals surface area contributed by atoms with Gasteiger partial charge in [0.15, 0.2) is 0 Å². The van der Waals surface area contributed by atoms with Crippen molar-refractivity contribution in [1.82, 2.24) is 9.80 Å². The molecule has 0 bridgehead atoms. The molecule has 4 nitrogen and oxygen atoms in total. The van der Waals surface area contributed by atoms with Gasteiger partial charge in [0.05, 0.1) is 17.2 Å². The molecule has 1 aliphatic rings. The molecule has 3 aromatic rings. The van der Waals surface area contributed by atoms with Crippen LogP contribution in [-0.2, 0) is 23.6 Å². The summed E-state index contributed by atoms with van der Waals surface area (Å²) in [4.78, 5) is 30.5. The topological polar surface area (TPSA) is 40.6 Å². The largest absolute Gasteiger partial charge is 0.416 e. The lowest BCUT2D eigenvalue weighted by Crippen LogP contribution is -2.47. The number of rotatable bonds is 6. The Morgan fingerprint density at radius 2 is 1.67 bits per heavy atom. The number of alkyl halides is 6. The highest BCUT2D eigenvalue weighted by atomic mass is 32.1. The van der Waals surface area contributed by atoms with E-state index >= 15 is 0 Å². The van der Waals surface area contributed by atoms with Crippen molar-refractivity contribution in [3.63, 3.8) is 0 Å². The zero-order valence-electron chi connectivity index (χ0n) is 20.8. The number of fused-ring (bicyclic) bond motifs is 1. The SMILES string of the molecule is C=CCN(CC(=O)N1CCc2sccc2C1c1ccccc1C)C(=O)c1cc(C(F)(F)F)cc(C(F)(F)F)c1. The Bertz CT molecular complexity index is 1360. The minimum absolute atomic E-state index is 0.0429. The first-order valence-electron chi connectivity index (χ1n) is 11.9. The van der Waals surface area contributed by atoms with Gasteiger partial charge in [0.25, 0.3) is 5.91 Å². The van der Waals surface area contributed by atoms with Crippen LogP contribution in [0, 0.1) is 6.92 Å². The van der Waals surface area contributed by atoms with Gasteiger partial charge in [-0.1, -0.05) is 30.3 Å². The van der Waals surface area contributed by atoms with Crippen molar-refractivity contribution in [2.45, 2.75) is 31.7 Å². The van der Waals surface area contributed by atoms with E-state index in [4.69, 9.17) is 0 Å². The van der Waals surface area contributed by atoms with E-state index in [0.29, 0.717) is 25.1 Å². The first-order chi connectivity index (χ1) is 18.3. The predicted octanol–water partition coefficient (Wildman–Crippen LogP) is 6.90. The van der Waals surface area contributed by atoms with E-state index in [1.165, 1.54) is 6.08 Å². The van der Waals surface area contributed by atoms with Crippen molar-refractivity contribution < 1.29 is 35.9 Å². The molecule has 4 rings (SSSR count). The Balaban J connectivity index is 1.68. The molecule has 0 fully saturated rings. The quantitative estimate of drug-likeness (QED) is 0.241. The average molecular weight is 567 g/mol. The molecule has 1 unspecified atom stereocenters. The molecule has 1 atom stereocenters. The summed E-state index contributed by atoms with van der Waals surface area (Å²) in [6.45, 7) is 4.97. The molecule has 0 saturated heterocycles. The molecule has 0 radical (unpaired) electrons. The van der Waals surface area contributed by atoms with Crippen molar-refractivity contribution >= 4 is 23.2 Å². The number of aryl methyl sites for hydroxylation is 1. The predicted molar refractivity (Wildman–Crippen MR) is 135 cm³/mol. The monoisotopic (exact) mass is 566 g/mol. The van der Waals surface area contributed by atoms with E-state index in [0.717, 1.165) is 26.5 Å². The minimum atomic E-state index is -5.11. The first kappa shape index (κ1) is 28.4.